The molecule has 1 aromatic heterocycles. The zero-order chi connectivity index (χ0) is 13.2. The Labute approximate surface area is 125 Å². The molecule has 0 aliphatic carbocycles. The number of hydrogen-bond acceptors (Lipinski definition) is 3. The topological polar surface area (TPSA) is 32.3 Å². The molecule has 5 heteroatoms. The molecule has 0 spiro atoms. The van der Waals surface area contributed by atoms with Crippen LogP contribution in [0.1, 0.15) is 25.1 Å². The first-order chi connectivity index (χ1) is 8.55. The van der Waals surface area contributed by atoms with Crippen LogP contribution in [0.5, 0.6) is 0 Å². The van der Waals surface area contributed by atoms with Gasteiger partial charge in [-0.15, -0.1) is 23.7 Å². The number of carbonyl (C=O) groups excluding carboxylic acids is 1. The standard InChI is InChI=1S/C14H22N2OS.ClH/c1-14(2,12-5-4-8-18-12)13(17)16-7-6-11(10-16)9-15-3;/h4-5,8,11,15H,6-7,9-10H2,1-3H3;1H. The minimum atomic E-state index is -0.386. The lowest BCUT2D eigenvalue weighted by Crippen LogP contribution is -2.42. The first-order valence-electron chi connectivity index (χ1n) is 6.53. The second kappa shape index (κ2) is 6.73. The molecule has 1 atom stereocenters. The number of rotatable bonds is 4. The maximum absolute atomic E-state index is 12.6. The second-order valence-corrected chi connectivity index (χ2v) is 6.51. The highest BCUT2D eigenvalue weighted by Crippen LogP contribution is 2.31. The average Bonchev–Trinajstić information content (AvgIpc) is 2.99. The minimum Gasteiger partial charge on any atom is -0.342 e. The van der Waals surface area contributed by atoms with Gasteiger partial charge < -0.3 is 10.2 Å². The van der Waals surface area contributed by atoms with Crippen LogP contribution in [0.2, 0.25) is 0 Å². The van der Waals surface area contributed by atoms with Gasteiger partial charge in [0.25, 0.3) is 0 Å². The van der Waals surface area contributed by atoms with E-state index in [4.69, 9.17) is 0 Å². The van der Waals surface area contributed by atoms with Gasteiger partial charge in [-0.05, 0) is 51.2 Å². The quantitative estimate of drug-likeness (QED) is 0.927. The number of nitrogens with zero attached hydrogens (tertiary/aromatic N) is 1. The van der Waals surface area contributed by atoms with Crippen LogP contribution in [0.3, 0.4) is 0 Å². The molecule has 3 nitrogen and oxygen atoms in total. The summed E-state index contributed by atoms with van der Waals surface area (Å²) >= 11 is 1.67. The third-order valence-corrected chi connectivity index (χ3v) is 4.93. The number of nitrogens with one attached hydrogen (secondary N) is 1. The Morgan fingerprint density at radius 2 is 2.32 bits per heavy atom. The van der Waals surface area contributed by atoms with E-state index in [1.165, 1.54) is 0 Å². The van der Waals surface area contributed by atoms with Gasteiger partial charge in [0, 0.05) is 18.0 Å². The maximum Gasteiger partial charge on any atom is 0.233 e. The van der Waals surface area contributed by atoms with Crippen molar-refractivity contribution in [1.82, 2.24) is 10.2 Å². The summed E-state index contributed by atoms with van der Waals surface area (Å²) in [6.07, 6.45) is 1.12. The van der Waals surface area contributed by atoms with Crippen LogP contribution < -0.4 is 5.32 Å². The number of amides is 1. The van der Waals surface area contributed by atoms with Gasteiger partial charge in [-0.3, -0.25) is 4.79 Å². The molecule has 2 heterocycles. The van der Waals surface area contributed by atoms with E-state index < -0.39 is 0 Å². The van der Waals surface area contributed by atoms with Gasteiger partial charge >= 0.3 is 0 Å². The monoisotopic (exact) mass is 302 g/mol. The summed E-state index contributed by atoms with van der Waals surface area (Å²) in [5.41, 5.74) is -0.386. The summed E-state index contributed by atoms with van der Waals surface area (Å²) in [7, 11) is 1.97. The van der Waals surface area contributed by atoms with Crippen molar-refractivity contribution in [2.45, 2.75) is 25.7 Å². The van der Waals surface area contributed by atoms with Crippen molar-refractivity contribution in [3.8, 4) is 0 Å². The summed E-state index contributed by atoms with van der Waals surface area (Å²) < 4.78 is 0. The molecule has 1 unspecified atom stereocenters. The van der Waals surface area contributed by atoms with E-state index in [0.29, 0.717) is 5.92 Å². The molecular formula is C14H23ClN2OS. The first-order valence-corrected chi connectivity index (χ1v) is 7.41. The fourth-order valence-corrected chi connectivity index (χ4v) is 3.45. The molecule has 1 N–H and O–H groups in total. The van der Waals surface area contributed by atoms with Gasteiger partial charge in [0.1, 0.15) is 0 Å². The highest BCUT2D eigenvalue weighted by atomic mass is 35.5. The number of hydrogen-bond donors (Lipinski definition) is 1. The predicted molar refractivity (Wildman–Crippen MR) is 83.2 cm³/mol. The lowest BCUT2D eigenvalue weighted by Gasteiger charge is -2.28. The van der Waals surface area contributed by atoms with Crippen LogP contribution in [0, 0.1) is 5.92 Å². The Bertz CT molecular complexity index is 406. The molecule has 1 saturated heterocycles. The van der Waals surface area contributed by atoms with Gasteiger partial charge in [-0.25, -0.2) is 0 Å². The van der Waals surface area contributed by atoms with Crippen molar-refractivity contribution in [2.24, 2.45) is 5.92 Å². The van der Waals surface area contributed by atoms with E-state index in [1.54, 1.807) is 11.3 Å². The Hall–Kier alpha value is -0.580. The molecule has 2 rings (SSSR count). The smallest absolute Gasteiger partial charge is 0.233 e. The lowest BCUT2D eigenvalue weighted by atomic mass is 9.89. The highest BCUT2D eigenvalue weighted by molar-refractivity contribution is 7.10. The van der Waals surface area contributed by atoms with Gasteiger partial charge in [0.05, 0.1) is 5.41 Å². The third kappa shape index (κ3) is 3.50. The molecule has 1 fully saturated rings. The van der Waals surface area contributed by atoms with E-state index in [1.807, 2.05) is 37.2 Å². The zero-order valence-corrected chi connectivity index (χ0v) is 13.4. The SMILES string of the molecule is CNCC1CCN(C(=O)C(C)(C)c2cccs2)C1.Cl. The number of likely N-dealkylation sites (tertiary alicyclic amines) is 1. The van der Waals surface area contributed by atoms with Crippen molar-refractivity contribution in [3.63, 3.8) is 0 Å². The van der Waals surface area contributed by atoms with Crippen LogP contribution >= 0.6 is 23.7 Å². The molecular weight excluding hydrogens is 280 g/mol. The van der Waals surface area contributed by atoms with Crippen molar-refractivity contribution in [2.75, 3.05) is 26.7 Å². The first kappa shape index (κ1) is 16.5. The van der Waals surface area contributed by atoms with Gasteiger partial charge in [-0.1, -0.05) is 6.07 Å². The third-order valence-electron chi connectivity index (χ3n) is 3.74. The van der Waals surface area contributed by atoms with Crippen LogP contribution in [-0.4, -0.2) is 37.5 Å². The van der Waals surface area contributed by atoms with Crippen molar-refractivity contribution in [1.29, 1.82) is 0 Å². The van der Waals surface area contributed by atoms with E-state index in [2.05, 4.69) is 11.4 Å². The number of carbonyl (C=O) groups is 1. The van der Waals surface area contributed by atoms with Crippen LogP contribution in [0.25, 0.3) is 0 Å². The number of halogens is 1. The second-order valence-electron chi connectivity index (χ2n) is 5.57. The van der Waals surface area contributed by atoms with E-state index >= 15 is 0 Å². The zero-order valence-electron chi connectivity index (χ0n) is 11.8. The molecule has 1 amide bonds. The average molecular weight is 303 g/mol. The fourth-order valence-electron chi connectivity index (χ4n) is 2.61. The molecule has 1 aliphatic rings. The molecule has 1 aromatic rings. The molecule has 0 bridgehead atoms. The molecule has 19 heavy (non-hydrogen) atoms. The molecule has 0 aromatic carbocycles. The molecule has 108 valence electrons. The fraction of sp³-hybridized carbons (Fsp3) is 0.643. The Morgan fingerprint density at radius 3 is 2.89 bits per heavy atom. The predicted octanol–water partition coefficient (Wildman–Crippen LogP) is 2.52. The highest BCUT2D eigenvalue weighted by Gasteiger charge is 2.37. The summed E-state index contributed by atoms with van der Waals surface area (Å²) in [5, 5.41) is 5.24. The van der Waals surface area contributed by atoms with Gasteiger partial charge in [-0.2, -0.15) is 0 Å². The molecule has 0 saturated carbocycles. The maximum atomic E-state index is 12.6. The van der Waals surface area contributed by atoms with Crippen molar-refractivity contribution >= 4 is 29.7 Å². The van der Waals surface area contributed by atoms with E-state index in [9.17, 15) is 4.79 Å². The Kier molecular flexibility index (Phi) is 5.83. The normalized spacial score (nSPS) is 19.3. The summed E-state index contributed by atoms with van der Waals surface area (Å²) in [4.78, 5) is 15.8. The largest absolute Gasteiger partial charge is 0.342 e. The van der Waals surface area contributed by atoms with Crippen molar-refractivity contribution in [3.05, 3.63) is 22.4 Å². The molecule has 1 aliphatic heterocycles. The van der Waals surface area contributed by atoms with E-state index in [0.717, 1.165) is 30.9 Å². The molecule has 0 radical (unpaired) electrons. The summed E-state index contributed by atoms with van der Waals surface area (Å²) in [6, 6.07) is 4.08. The summed E-state index contributed by atoms with van der Waals surface area (Å²) in [5.74, 6) is 0.877. The van der Waals surface area contributed by atoms with Crippen LogP contribution in [0.15, 0.2) is 17.5 Å². The van der Waals surface area contributed by atoms with Gasteiger partial charge in [0.15, 0.2) is 0 Å². The minimum absolute atomic E-state index is 0. The van der Waals surface area contributed by atoms with Crippen molar-refractivity contribution < 1.29 is 4.79 Å². The lowest BCUT2D eigenvalue weighted by molar-refractivity contribution is -0.135. The van der Waals surface area contributed by atoms with E-state index in [-0.39, 0.29) is 23.7 Å². The van der Waals surface area contributed by atoms with Gasteiger partial charge in [0.2, 0.25) is 5.91 Å². The van der Waals surface area contributed by atoms with Crippen LogP contribution in [-0.2, 0) is 10.2 Å². The number of thiophene rings is 1. The summed E-state index contributed by atoms with van der Waals surface area (Å²) in [6.45, 7) is 6.87. The Morgan fingerprint density at radius 1 is 1.58 bits per heavy atom. The van der Waals surface area contributed by atoms with Crippen LogP contribution in [0.4, 0.5) is 0 Å². The Balaban J connectivity index is 0.00000180.